The van der Waals surface area contributed by atoms with Crippen LogP contribution in [0.1, 0.15) is 42.1 Å². The maximum absolute atomic E-state index is 13.0. The molecule has 0 aliphatic carbocycles. The second kappa shape index (κ2) is 10.1. The van der Waals surface area contributed by atoms with Crippen LogP contribution in [0, 0.1) is 0 Å². The molecule has 2 aromatic carbocycles. The maximum Gasteiger partial charge on any atom is 0.255 e. The smallest absolute Gasteiger partial charge is 0.255 e. The first-order chi connectivity index (χ1) is 14.5. The minimum Gasteiger partial charge on any atom is -0.492 e. The van der Waals surface area contributed by atoms with E-state index in [2.05, 4.69) is 5.32 Å². The van der Waals surface area contributed by atoms with Gasteiger partial charge in [0.1, 0.15) is 5.75 Å². The molecule has 0 aromatic heterocycles. The Labute approximate surface area is 178 Å². The van der Waals surface area contributed by atoms with Crippen LogP contribution in [0.4, 0.5) is 5.69 Å². The van der Waals surface area contributed by atoms with Gasteiger partial charge in [0.2, 0.25) is 10.0 Å². The number of benzene rings is 2. The molecule has 1 fully saturated rings. The first-order valence-corrected chi connectivity index (χ1v) is 11.6. The second-order valence-corrected chi connectivity index (χ2v) is 9.08. The van der Waals surface area contributed by atoms with Crippen molar-refractivity contribution < 1.29 is 22.7 Å². The minimum atomic E-state index is -3.62. The number of amides is 1. The molecule has 0 atom stereocenters. The van der Waals surface area contributed by atoms with Crippen molar-refractivity contribution in [1.82, 2.24) is 4.31 Å². The molecular formula is C22H28N2O5S. The van der Waals surface area contributed by atoms with E-state index in [-0.39, 0.29) is 10.8 Å². The van der Waals surface area contributed by atoms with E-state index in [0.717, 1.165) is 24.8 Å². The number of hydrogen-bond acceptors (Lipinski definition) is 5. The van der Waals surface area contributed by atoms with Gasteiger partial charge in [0.15, 0.2) is 0 Å². The highest BCUT2D eigenvalue weighted by Crippen LogP contribution is 2.30. The van der Waals surface area contributed by atoms with Gasteiger partial charge in [-0.15, -0.1) is 0 Å². The topological polar surface area (TPSA) is 84.9 Å². The monoisotopic (exact) mass is 432 g/mol. The number of nitrogens with one attached hydrogen (secondary N) is 1. The van der Waals surface area contributed by atoms with Crippen molar-refractivity contribution >= 4 is 21.6 Å². The Morgan fingerprint density at radius 2 is 1.77 bits per heavy atom. The lowest BCUT2D eigenvalue weighted by Crippen LogP contribution is -2.35. The highest BCUT2D eigenvalue weighted by molar-refractivity contribution is 7.89. The molecule has 0 bridgehead atoms. The van der Waals surface area contributed by atoms with Gasteiger partial charge in [0.25, 0.3) is 5.91 Å². The van der Waals surface area contributed by atoms with E-state index in [1.165, 1.54) is 16.4 Å². The van der Waals surface area contributed by atoms with E-state index in [1.54, 1.807) is 25.3 Å². The number of piperidine rings is 1. The maximum atomic E-state index is 13.0. The molecule has 0 radical (unpaired) electrons. The van der Waals surface area contributed by atoms with Crippen LogP contribution in [0.15, 0.2) is 47.4 Å². The van der Waals surface area contributed by atoms with Gasteiger partial charge in [0, 0.05) is 25.8 Å². The zero-order valence-electron chi connectivity index (χ0n) is 17.4. The summed E-state index contributed by atoms with van der Waals surface area (Å²) < 4.78 is 38.2. The van der Waals surface area contributed by atoms with Crippen LogP contribution in [0.5, 0.6) is 5.75 Å². The van der Waals surface area contributed by atoms with Gasteiger partial charge >= 0.3 is 0 Å². The van der Waals surface area contributed by atoms with Crippen LogP contribution < -0.4 is 10.1 Å². The quantitative estimate of drug-likeness (QED) is 0.688. The predicted molar refractivity (Wildman–Crippen MR) is 115 cm³/mol. The molecule has 1 heterocycles. The van der Waals surface area contributed by atoms with Gasteiger partial charge in [-0.25, -0.2) is 8.42 Å². The highest BCUT2D eigenvalue weighted by atomic mass is 32.2. The van der Waals surface area contributed by atoms with Crippen LogP contribution >= 0.6 is 0 Å². The number of hydrogen-bond donors (Lipinski definition) is 1. The third kappa shape index (κ3) is 5.19. The SMILES string of the molecule is CCOc1ccc(S(=O)(=O)N2CCCCC2)cc1NC(=O)c1ccc(COC)cc1. The number of anilines is 1. The van der Waals surface area contributed by atoms with Gasteiger partial charge in [-0.05, 0) is 55.7 Å². The van der Waals surface area contributed by atoms with Crippen molar-refractivity contribution in [2.24, 2.45) is 0 Å². The van der Waals surface area contributed by atoms with Crippen molar-refractivity contribution in [2.75, 3.05) is 32.1 Å². The van der Waals surface area contributed by atoms with Gasteiger partial charge < -0.3 is 14.8 Å². The fraction of sp³-hybridized carbons (Fsp3) is 0.409. The zero-order valence-corrected chi connectivity index (χ0v) is 18.2. The summed E-state index contributed by atoms with van der Waals surface area (Å²) in [5.74, 6) is 0.0897. The molecule has 1 aliphatic rings. The van der Waals surface area contributed by atoms with Gasteiger partial charge in [-0.1, -0.05) is 18.6 Å². The lowest BCUT2D eigenvalue weighted by Gasteiger charge is -2.26. The average molecular weight is 433 g/mol. The van der Waals surface area contributed by atoms with Crippen LogP contribution in [-0.2, 0) is 21.4 Å². The standard InChI is InChI=1S/C22H28N2O5S/c1-3-29-21-12-11-19(30(26,27)24-13-5-4-6-14-24)15-20(21)23-22(25)18-9-7-17(8-10-18)16-28-2/h7-12,15H,3-6,13-14,16H2,1-2H3,(H,23,25). The average Bonchev–Trinajstić information content (AvgIpc) is 2.76. The third-order valence-electron chi connectivity index (χ3n) is 4.98. The molecule has 0 unspecified atom stereocenters. The molecule has 1 N–H and O–H groups in total. The Bertz CT molecular complexity index is 968. The van der Waals surface area contributed by atoms with E-state index in [0.29, 0.717) is 43.3 Å². The van der Waals surface area contributed by atoms with Crippen LogP contribution in [0.3, 0.4) is 0 Å². The number of carbonyl (C=O) groups excluding carboxylic acids is 1. The fourth-order valence-electron chi connectivity index (χ4n) is 3.42. The normalized spacial score (nSPS) is 15.0. The van der Waals surface area contributed by atoms with Gasteiger partial charge in [-0.2, -0.15) is 4.31 Å². The third-order valence-corrected chi connectivity index (χ3v) is 6.87. The lowest BCUT2D eigenvalue weighted by molar-refractivity contribution is 0.102. The van der Waals surface area contributed by atoms with Crippen molar-refractivity contribution in [3.05, 3.63) is 53.6 Å². The summed E-state index contributed by atoms with van der Waals surface area (Å²) in [6.45, 7) is 3.73. The van der Waals surface area contributed by atoms with E-state index >= 15 is 0 Å². The number of methoxy groups -OCH3 is 1. The summed E-state index contributed by atoms with van der Waals surface area (Å²) in [5.41, 5.74) is 1.75. The molecule has 30 heavy (non-hydrogen) atoms. The van der Waals surface area contributed by atoms with Crippen molar-refractivity contribution in [1.29, 1.82) is 0 Å². The number of sulfonamides is 1. The van der Waals surface area contributed by atoms with Crippen LogP contribution in [0.2, 0.25) is 0 Å². The van der Waals surface area contributed by atoms with Gasteiger partial charge in [-0.3, -0.25) is 4.79 Å². The zero-order chi connectivity index (χ0) is 21.6. The number of rotatable bonds is 8. The van der Waals surface area contributed by atoms with Crippen LogP contribution in [0.25, 0.3) is 0 Å². The van der Waals surface area contributed by atoms with E-state index in [4.69, 9.17) is 9.47 Å². The summed E-state index contributed by atoms with van der Waals surface area (Å²) in [5, 5.41) is 2.80. The molecule has 0 saturated carbocycles. The van der Waals surface area contributed by atoms with Crippen molar-refractivity contribution in [2.45, 2.75) is 37.7 Å². The highest BCUT2D eigenvalue weighted by Gasteiger charge is 2.27. The van der Waals surface area contributed by atoms with E-state index < -0.39 is 10.0 Å². The Balaban J connectivity index is 1.86. The molecule has 3 rings (SSSR count). The molecular weight excluding hydrogens is 404 g/mol. The molecule has 1 saturated heterocycles. The molecule has 0 spiro atoms. The van der Waals surface area contributed by atoms with Gasteiger partial charge in [0.05, 0.1) is 23.8 Å². The first kappa shape index (κ1) is 22.3. The molecule has 2 aromatic rings. The number of ether oxygens (including phenoxy) is 2. The molecule has 1 amide bonds. The van der Waals surface area contributed by atoms with Crippen LogP contribution in [-0.4, -0.2) is 45.4 Å². The summed E-state index contributed by atoms with van der Waals surface area (Å²) in [6.07, 6.45) is 2.76. The lowest BCUT2D eigenvalue weighted by atomic mass is 10.1. The Kier molecular flexibility index (Phi) is 7.47. The second-order valence-electron chi connectivity index (χ2n) is 7.14. The summed E-state index contributed by atoms with van der Waals surface area (Å²) in [7, 11) is -2.00. The minimum absolute atomic E-state index is 0.151. The Morgan fingerprint density at radius 1 is 1.07 bits per heavy atom. The molecule has 7 nitrogen and oxygen atoms in total. The number of nitrogens with zero attached hydrogens (tertiary/aromatic N) is 1. The molecule has 8 heteroatoms. The summed E-state index contributed by atoms with van der Waals surface area (Å²) in [6, 6.07) is 11.7. The van der Waals surface area contributed by atoms with Crippen molar-refractivity contribution in [3.8, 4) is 5.75 Å². The Morgan fingerprint density at radius 3 is 2.40 bits per heavy atom. The van der Waals surface area contributed by atoms with E-state index in [9.17, 15) is 13.2 Å². The summed E-state index contributed by atoms with van der Waals surface area (Å²) >= 11 is 0. The Hall–Kier alpha value is -2.42. The number of carbonyl (C=O) groups is 1. The molecule has 1 aliphatic heterocycles. The first-order valence-electron chi connectivity index (χ1n) is 10.1. The summed E-state index contributed by atoms with van der Waals surface area (Å²) in [4.78, 5) is 12.9. The largest absolute Gasteiger partial charge is 0.492 e. The van der Waals surface area contributed by atoms with E-state index in [1.807, 2.05) is 19.1 Å². The predicted octanol–water partition coefficient (Wildman–Crippen LogP) is 3.66. The van der Waals surface area contributed by atoms with Crippen molar-refractivity contribution in [3.63, 3.8) is 0 Å². The fourth-order valence-corrected chi connectivity index (χ4v) is 4.96. The molecule has 162 valence electrons.